The molecule has 0 fully saturated rings. The first-order valence-electron chi connectivity index (χ1n) is 4.30. The zero-order valence-electron chi connectivity index (χ0n) is 7.68. The molecule has 0 aliphatic carbocycles. The van der Waals surface area contributed by atoms with Gasteiger partial charge in [-0.05, 0) is 30.2 Å². The van der Waals surface area contributed by atoms with E-state index in [-0.39, 0.29) is 6.61 Å². The normalized spacial score (nSPS) is 10.4. The van der Waals surface area contributed by atoms with Gasteiger partial charge in [0.15, 0.2) is 0 Å². The van der Waals surface area contributed by atoms with Crippen LogP contribution in [0.25, 0.3) is 0 Å². The summed E-state index contributed by atoms with van der Waals surface area (Å²) in [7, 11) is 0. The molecule has 13 heavy (non-hydrogen) atoms. The predicted molar refractivity (Wildman–Crippen MR) is 55.0 cm³/mol. The van der Waals surface area contributed by atoms with Crippen LogP contribution < -0.4 is 5.32 Å². The van der Waals surface area contributed by atoms with E-state index in [0.717, 1.165) is 11.6 Å². The Bertz CT molecular complexity index is 276. The number of aliphatic hydroxyl groups is 1. The second kappa shape index (κ2) is 5.22. The fraction of sp³-hybridized carbons (Fsp3) is 0.400. The molecule has 0 aromatic heterocycles. The Morgan fingerprint density at radius 3 is 2.85 bits per heavy atom. The third kappa shape index (κ3) is 3.35. The summed E-state index contributed by atoms with van der Waals surface area (Å²) in [5.41, 5.74) is 2.40. The molecule has 72 valence electrons. The fourth-order valence-electron chi connectivity index (χ4n) is 1.16. The summed E-state index contributed by atoms with van der Waals surface area (Å²) in [6.07, 6.45) is 0. The zero-order chi connectivity index (χ0) is 9.68. The molecule has 0 amide bonds. The van der Waals surface area contributed by atoms with Crippen molar-refractivity contribution in [1.29, 1.82) is 0 Å². The molecular weight excluding hydrogens is 186 g/mol. The molecule has 0 heterocycles. The summed E-state index contributed by atoms with van der Waals surface area (Å²) in [6, 6.07) is 5.82. The molecular formula is C10H14ClNO. The first-order chi connectivity index (χ1) is 6.24. The Morgan fingerprint density at radius 1 is 1.46 bits per heavy atom. The molecule has 0 atom stereocenters. The van der Waals surface area contributed by atoms with Crippen LogP contribution in [0.2, 0.25) is 5.02 Å². The molecule has 0 saturated carbocycles. The van der Waals surface area contributed by atoms with Gasteiger partial charge in [0, 0.05) is 18.1 Å². The number of nitrogens with one attached hydrogen (secondary N) is 1. The maximum Gasteiger partial charge on any atom is 0.0556 e. The van der Waals surface area contributed by atoms with Crippen molar-refractivity contribution in [2.45, 2.75) is 13.5 Å². The van der Waals surface area contributed by atoms with E-state index in [9.17, 15) is 0 Å². The van der Waals surface area contributed by atoms with E-state index in [1.807, 2.05) is 25.1 Å². The third-order valence-electron chi connectivity index (χ3n) is 1.91. The van der Waals surface area contributed by atoms with Crippen LogP contribution in [-0.4, -0.2) is 18.3 Å². The molecule has 0 radical (unpaired) electrons. The van der Waals surface area contributed by atoms with Crippen molar-refractivity contribution < 1.29 is 5.11 Å². The van der Waals surface area contributed by atoms with E-state index in [1.54, 1.807) is 0 Å². The molecule has 2 nitrogen and oxygen atoms in total. The van der Waals surface area contributed by atoms with E-state index >= 15 is 0 Å². The molecule has 0 unspecified atom stereocenters. The van der Waals surface area contributed by atoms with Gasteiger partial charge in [0.05, 0.1) is 6.61 Å². The zero-order valence-corrected chi connectivity index (χ0v) is 8.43. The van der Waals surface area contributed by atoms with Gasteiger partial charge in [-0.2, -0.15) is 0 Å². The average molecular weight is 200 g/mol. The lowest BCUT2D eigenvalue weighted by Gasteiger charge is -2.06. The summed E-state index contributed by atoms with van der Waals surface area (Å²) in [4.78, 5) is 0. The van der Waals surface area contributed by atoms with Crippen molar-refractivity contribution >= 4 is 11.6 Å². The van der Waals surface area contributed by atoms with Gasteiger partial charge in [-0.1, -0.05) is 17.7 Å². The molecule has 2 N–H and O–H groups in total. The highest BCUT2D eigenvalue weighted by Crippen LogP contribution is 2.14. The molecule has 0 aliphatic heterocycles. The van der Waals surface area contributed by atoms with Crippen molar-refractivity contribution in [3.05, 3.63) is 34.3 Å². The smallest absolute Gasteiger partial charge is 0.0556 e. The van der Waals surface area contributed by atoms with Crippen LogP contribution in [0.3, 0.4) is 0 Å². The summed E-state index contributed by atoms with van der Waals surface area (Å²) in [6.45, 7) is 3.61. The van der Waals surface area contributed by atoms with Crippen LogP contribution in [0.4, 0.5) is 0 Å². The maximum absolute atomic E-state index is 8.57. The van der Waals surface area contributed by atoms with Crippen LogP contribution in [-0.2, 0) is 6.54 Å². The highest BCUT2D eigenvalue weighted by atomic mass is 35.5. The number of aryl methyl sites for hydroxylation is 1. The first-order valence-corrected chi connectivity index (χ1v) is 4.68. The van der Waals surface area contributed by atoms with Crippen molar-refractivity contribution in [1.82, 2.24) is 5.32 Å². The Balaban J connectivity index is 2.56. The van der Waals surface area contributed by atoms with Crippen LogP contribution in [0.5, 0.6) is 0 Å². The summed E-state index contributed by atoms with van der Waals surface area (Å²) >= 11 is 5.82. The van der Waals surface area contributed by atoms with E-state index in [2.05, 4.69) is 5.32 Å². The van der Waals surface area contributed by atoms with E-state index in [0.29, 0.717) is 6.54 Å². The van der Waals surface area contributed by atoms with Gasteiger partial charge in [0.25, 0.3) is 0 Å². The van der Waals surface area contributed by atoms with E-state index < -0.39 is 0 Å². The molecule has 1 aromatic carbocycles. The number of hydrogen-bond acceptors (Lipinski definition) is 2. The highest BCUT2D eigenvalue weighted by molar-refractivity contribution is 6.30. The third-order valence-corrected chi connectivity index (χ3v) is 2.14. The van der Waals surface area contributed by atoms with Crippen molar-refractivity contribution in [3.63, 3.8) is 0 Å². The van der Waals surface area contributed by atoms with Crippen molar-refractivity contribution in [2.24, 2.45) is 0 Å². The standard InChI is InChI=1S/C10H14ClNO/c1-8-6-10(11)3-2-9(8)7-12-4-5-13/h2-3,6,12-13H,4-5,7H2,1H3. The van der Waals surface area contributed by atoms with Gasteiger partial charge in [-0.3, -0.25) is 0 Å². The summed E-state index contributed by atoms with van der Waals surface area (Å²) in [5, 5.41) is 12.5. The Labute approximate surface area is 83.5 Å². The number of aliphatic hydroxyl groups excluding tert-OH is 1. The first kappa shape index (κ1) is 10.5. The maximum atomic E-state index is 8.57. The molecule has 0 spiro atoms. The minimum Gasteiger partial charge on any atom is -0.395 e. The predicted octanol–water partition coefficient (Wildman–Crippen LogP) is 1.73. The van der Waals surface area contributed by atoms with E-state index in [4.69, 9.17) is 16.7 Å². The van der Waals surface area contributed by atoms with Crippen molar-refractivity contribution in [2.75, 3.05) is 13.2 Å². The lowest BCUT2D eigenvalue weighted by atomic mass is 10.1. The van der Waals surface area contributed by atoms with Crippen LogP contribution in [0, 0.1) is 6.92 Å². The Morgan fingerprint density at radius 2 is 2.23 bits per heavy atom. The molecule has 1 aromatic rings. The van der Waals surface area contributed by atoms with Gasteiger partial charge in [-0.25, -0.2) is 0 Å². The quantitative estimate of drug-likeness (QED) is 0.724. The van der Waals surface area contributed by atoms with Gasteiger partial charge in [0.2, 0.25) is 0 Å². The number of halogens is 1. The minimum atomic E-state index is 0.173. The molecule has 0 saturated heterocycles. The monoisotopic (exact) mass is 199 g/mol. The van der Waals surface area contributed by atoms with Gasteiger partial charge >= 0.3 is 0 Å². The molecule has 0 aliphatic rings. The van der Waals surface area contributed by atoms with Crippen LogP contribution in [0.1, 0.15) is 11.1 Å². The van der Waals surface area contributed by atoms with Gasteiger partial charge < -0.3 is 10.4 Å². The van der Waals surface area contributed by atoms with Gasteiger partial charge in [-0.15, -0.1) is 0 Å². The molecule has 0 bridgehead atoms. The lowest BCUT2D eigenvalue weighted by Crippen LogP contribution is -2.17. The van der Waals surface area contributed by atoms with Crippen molar-refractivity contribution in [3.8, 4) is 0 Å². The fourth-order valence-corrected chi connectivity index (χ4v) is 1.39. The topological polar surface area (TPSA) is 32.3 Å². The van der Waals surface area contributed by atoms with Crippen LogP contribution in [0.15, 0.2) is 18.2 Å². The second-order valence-corrected chi connectivity index (χ2v) is 3.41. The van der Waals surface area contributed by atoms with Gasteiger partial charge in [0.1, 0.15) is 0 Å². The van der Waals surface area contributed by atoms with Crippen LogP contribution >= 0.6 is 11.6 Å². The number of hydrogen-bond donors (Lipinski definition) is 2. The average Bonchev–Trinajstić information content (AvgIpc) is 2.09. The largest absolute Gasteiger partial charge is 0.395 e. The SMILES string of the molecule is Cc1cc(Cl)ccc1CNCCO. The second-order valence-electron chi connectivity index (χ2n) is 2.97. The number of benzene rings is 1. The molecule has 3 heteroatoms. The minimum absolute atomic E-state index is 0.173. The lowest BCUT2D eigenvalue weighted by molar-refractivity contribution is 0.292. The Hall–Kier alpha value is -0.570. The Kier molecular flexibility index (Phi) is 4.22. The number of rotatable bonds is 4. The summed E-state index contributed by atoms with van der Waals surface area (Å²) < 4.78 is 0. The highest BCUT2D eigenvalue weighted by Gasteiger charge is 1.97. The molecule has 1 rings (SSSR count). The van der Waals surface area contributed by atoms with E-state index in [1.165, 1.54) is 11.1 Å². The summed E-state index contributed by atoms with van der Waals surface area (Å²) in [5.74, 6) is 0.